The van der Waals surface area contributed by atoms with E-state index < -0.39 is 23.2 Å². The Bertz CT molecular complexity index is 445. The molecule has 0 heterocycles. The van der Waals surface area contributed by atoms with E-state index in [-0.39, 0.29) is 6.61 Å². The third kappa shape index (κ3) is 4.39. The van der Waals surface area contributed by atoms with Gasteiger partial charge in [-0.15, -0.1) is 0 Å². The fraction of sp³-hybridized carbons (Fsp3) is 0.273. The van der Waals surface area contributed by atoms with Crippen LogP contribution in [0.15, 0.2) is 24.3 Å². The molecule has 0 aliphatic carbocycles. The predicted molar refractivity (Wildman–Crippen MR) is 60.6 cm³/mol. The van der Waals surface area contributed by atoms with Gasteiger partial charge in [0, 0.05) is 0 Å². The zero-order chi connectivity index (χ0) is 14.4. The molecular weight excluding hydrogens is 256 g/mol. The Balaban J connectivity index is 2.70. The van der Waals surface area contributed by atoms with Gasteiger partial charge < -0.3 is 10.5 Å². The summed E-state index contributed by atoms with van der Waals surface area (Å²) in [4.78, 5) is 26.9. The van der Waals surface area contributed by atoms with Crippen molar-refractivity contribution >= 4 is 11.8 Å². The first-order valence-corrected chi connectivity index (χ1v) is 5.23. The minimum atomic E-state index is -1.10. The first-order valence-electron chi connectivity index (χ1n) is 5.23. The Labute approximate surface area is 108 Å². The Kier molecular flexibility index (Phi) is 5.55. The van der Waals surface area contributed by atoms with Gasteiger partial charge in [-0.05, 0) is 11.1 Å². The van der Waals surface area contributed by atoms with Crippen LogP contribution in [0.25, 0.3) is 0 Å². The van der Waals surface area contributed by atoms with Gasteiger partial charge >= 0.3 is 5.97 Å². The average Bonchev–Trinajstić information content (AvgIpc) is 2.43. The highest BCUT2D eigenvalue weighted by atomic mass is 17.1. The second-order valence-corrected chi connectivity index (χ2v) is 3.60. The molecule has 19 heavy (non-hydrogen) atoms. The first kappa shape index (κ1) is 15.2. The van der Waals surface area contributed by atoms with E-state index in [9.17, 15) is 9.59 Å². The van der Waals surface area contributed by atoms with E-state index in [0.717, 1.165) is 7.11 Å². The van der Waals surface area contributed by atoms with Gasteiger partial charge in [-0.3, -0.25) is 15.2 Å². The van der Waals surface area contributed by atoms with Gasteiger partial charge in [-0.1, -0.05) is 24.3 Å². The summed E-state index contributed by atoms with van der Waals surface area (Å²) in [5.74, 6) is -1.85. The second kappa shape index (κ2) is 6.92. The van der Waals surface area contributed by atoms with E-state index in [1.54, 1.807) is 12.1 Å². The summed E-state index contributed by atoms with van der Waals surface area (Å²) in [6.45, 7) is -0.0759. The molecule has 1 rings (SSSR count). The lowest BCUT2D eigenvalue weighted by atomic mass is 10.0. The number of hydrogen-bond acceptors (Lipinski definition) is 8. The number of nitrogens with zero attached hydrogens (tertiary/aromatic N) is 1. The summed E-state index contributed by atoms with van der Waals surface area (Å²) >= 11 is 0. The SMILES string of the molecule is COC(=O)C(=O)C(N)c1ccc(CON(O)O)cc1. The van der Waals surface area contributed by atoms with Crippen molar-refractivity contribution in [1.29, 1.82) is 0 Å². The van der Waals surface area contributed by atoms with Gasteiger partial charge in [-0.2, -0.15) is 0 Å². The molecule has 1 aromatic carbocycles. The van der Waals surface area contributed by atoms with Crippen LogP contribution in [0, 0.1) is 0 Å². The van der Waals surface area contributed by atoms with Gasteiger partial charge in [-0.25, -0.2) is 9.63 Å². The Morgan fingerprint density at radius 1 is 1.32 bits per heavy atom. The van der Waals surface area contributed by atoms with Crippen molar-refractivity contribution < 1.29 is 29.6 Å². The van der Waals surface area contributed by atoms with E-state index in [1.807, 2.05) is 0 Å². The van der Waals surface area contributed by atoms with E-state index >= 15 is 0 Å². The monoisotopic (exact) mass is 270 g/mol. The zero-order valence-corrected chi connectivity index (χ0v) is 10.1. The molecule has 0 bridgehead atoms. The molecule has 0 spiro atoms. The number of carbonyl (C=O) groups excluding carboxylic acids is 2. The number of benzene rings is 1. The number of nitrogens with two attached hydrogens (primary N) is 1. The molecule has 0 fully saturated rings. The van der Waals surface area contributed by atoms with Crippen LogP contribution >= 0.6 is 0 Å². The van der Waals surface area contributed by atoms with Crippen LogP contribution in [0.4, 0.5) is 0 Å². The normalized spacial score (nSPS) is 12.3. The summed E-state index contributed by atoms with van der Waals surface area (Å²) in [5, 5.41) is 16.3. The molecular formula is C11H14N2O6. The lowest BCUT2D eigenvalue weighted by Gasteiger charge is -2.10. The maximum absolute atomic E-state index is 11.5. The number of hydrogen-bond donors (Lipinski definition) is 3. The van der Waals surface area contributed by atoms with Gasteiger partial charge in [0.15, 0.2) is 0 Å². The van der Waals surface area contributed by atoms with Crippen LogP contribution in [0.2, 0.25) is 0 Å². The van der Waals surface area contributed by atoms with Crippen molar-refractivity contribution in [3.05, 3.63) is 35.4 Å². The van der Waals surface area contributed by atoms with E-state index in [4.69, 9.17) is 16.1 Å². The second-order valence-electron chi connectivity index (χ2n) is 3.60. The van der Waals surface area contributed by atoms with Crippen molar-refractivity contribution in [1.82, 2.24) is 5.39 Å². The number of esters is 1. The zero-order valence-electron chi connectivity index (χ0n) is 10.1. The number of Topliss-reactive ketones (excluding diaryl/α,β-unsaturated/α-hetero) is 1. The number of ether oxygens (including phenoxy) is 1. The molecule has 1 aromatic rings. The third-order valence-electron chi connectivity index (χ3n) is 2.35. The molecule has 0 radical (unpaired) electrons. The molecule has 0 aliphatic rings. The fourth-order valence-corrected chi connectivity index (χ4v) is 1.33. The number of carbonyl (C=O) groups is 2. The summed E-state index contributed by atoms with van der Waals surface area (Å²) in [6.07, 6.45) is 0. The maximum Gasteiger partial charge on any atom is 0.376 e. The minimum absolute atomic E-state index is 0.0759. The molecule has 0 saturated heterocycles. The highest BCUT2D eigenvalue weighted by molar-refractivity contribution is 6.35. The Morgan fingerprint density at radius 2 is 1.89 bits per heavy atom. The van der Waals surface area contributed by atoms with Crippen molar-refractivity contribution in [3.8, 4) is 0 Å². The quantitative estimate of drug-likeness (QED) is 0.373. The largest absolute Gasteiger partial charge is 0.463 e. The minimum Gasteiger partial charge on any atom is -0.463 e. The molecule has 8 nitrogen and oxygen atoms in total. The molecule has 104 valence electrons. The highest BCUT2D eigenvalue weighted by Gasteiger charge is 2.23. The molecule has 8 heteroatoms. The molecule has 1 unspecified atom stereocenters. The van der Waals surface area contributed by atoms with E-state index in [1.165, 1.54) is 12.1 Å². The average molecular weight is 270 g/mol. The van der Waals surface area contributed by atoms with Crippen molar-refractivity contribution in [2.75, 3.05) is 7.11 Å². The summed E-state index contributed by atoms with van der Waals surface area (Å²) < 4.78 is 4.29. The molecule has 4 N–H and O–H groups in total. The number of ketones is 1. The fourth-order valence-electron chi connectivity index (χ4n) is 1.33. The van der Waals surface area contributed by atoms with Gasteiger partial charge in [0.25, 0.3) is 5.78 Å². The van der Waals surface area contributed by atoms with E-state index in [2.05, 4.69) is 9.57 Å². The predicted octanol–water partition coefficient (Wildman–Crippen LogP) is -0.0595. The molecule has 0 amide bonds. The molecule has 0 saturated carbocycles. The van der Waals surface area contributed by atoms with Crippen LogP contribution in [0.5, 0.6) is 0 Å². The third-order valence-corrected chi connectivity index (χ3v) is 2.35. The van der Waals surface area contributed by atoms with Crippen LogP contribution in [0.3, 0.4) is 0 Å². The molecule has 0 aromatic heterocycles. The highest BCUT2D eigenvalue weighted by Crippen LogP contribution is 2.14. The lowest BCUT2D eigenvalue weighted by molar-refractivity contribution is -0.497. The first-order chi connectivity index (χ1) is 8.95. The Morgan fingerprint density at radius 3 is 2.37 bits per heavy atom. The van der Waals surface area contributed by atoms with Crippen molar-refractivity contribution in [3.63, 3.8) is 0 Å². The summed E-state index contributed by atoms with van der Waals surface area (Å²) in [5.41, 5.74) is 6.67. The smallest absolute Gasteiger partial charge is 0.376 e. The van der Waals surface area contributed by atoms with Crippen LogP contribution in [-0.4, -0.2) is 34.7 Å². The standard InChI is InChI=1S/C11H14N2O6/c1-18-11(15)10(14)9(12)8-4-2-7(3-5-8)6-19-13(16)17/h2-5,9,16-17H,6,12H2,1H3. The van der Waals surface area contributed by atoms with Gasteiger partial charge in [0.2, 0.25) is 0 Å². The number of methoxy groups -OCH3 is 1. The van der Waals surface area contributed by atoms with Crippen molar-refractivity contribution in [2.24, 2.45) is 5.73 Å². The summed E-state index contributed by atoms with van der Waals surface area (Å²) in [7, 11) is 1.10. The van der Waals surface area contributed by atoms with Crippen LogP contribution < -0.4 is 5.73 Å². The van der Waals surface area contributed by atoms with E-state index in [0.29, 0.717) is 11.1 Å². The summed E-state index contributed by atoms with van der Waals surface area (Å²) in [6, 6.07) is 5.11. The maximum atomic E-state index is 11.5. The molecule has 0 aliphatic heterocycles. The number of rotatable bonds is 6. The molecule has 1 atom stereocenters. The van der Waals surface area contributed by atoms with Gasteiger partial charge in [0.05, 0.1) is 19.1 Å². The topological polar surface area (TPSA) is 122 Å². The van der Waals surface area contributed by atoms with Gasteiger partial charge in [0.1, 0.15) is 6.04 Å². The van der Waals surface area contributed by atoms with Crippen molar-refractivity contribution in [2.45, 2.75) is 12.6 Å². The Hall–Kier alpha value is -1.84. The lowest BCUT2D eigenvalue weighted by Crippen LogP contribution is -2.29. The van der Waals surface area contributed by atoms with Crippen LogP contribution in [0.1, 0.15) is 17.2 Å². The van der Waals surface area contributed by atoms with Crippen LogP contribution in [-0.2, 0) is 25.8 Å².